The van der Waals surface area contributed by atoms with Crippen LogP contribution < -0.4 is 5.09 Å². The van der Waals surface area contributed by atoms with Crippen molar-refractivity contribution >= 4 is 31.5 Å². The summed E-state index contributed by atoms with van der Waals surface area (Å²) in [5.41, 5.74) is 0. The fourth-order valence-electron chi connectivity index (χ4n) is 0.624. The van der Waals surface area contributed by atoms with Crippen LogP contribution in [0.2, 0.25) is 0 Å². The van der Waals surface area contributed by atoms with E-state index < -0.39 is 7.52 Å². The lowest BCUT2D eigenvalue weighted by molar-refractivity contribution is 0.463. The fraction of sp³-hybridized carbons (Fsp3) is 1.00. The molecule has 0 aliphatic heterocycles. The standard InChI is InChI=1S/C6H15ClNO2P.ClH/c1-2-3-5-8-11(9,10)6-4-7;/h2-6H2,1H3,(H2,8,9,10);1H. The van der Waals surface area contributed by atoms with Crippen molar-refractivity contribution in [1.82, 2.24) is 5.09 Å². The maximum atomic E-state index is 11.0. The second kappa shape index (κ2) is 8.33. The molecule has 1 unspecified atom stereocenters. The lowest BCUT2D eigenvalue weighted by Gasteiger charge is -2.10. The molecule has 0 aromatic rings. The SMILES string of the molecule is CCCCNP(=O)(O)CCCl.Cl. The van der Waals surface area contributed by atoms with E-state index in [1.807, 2.05) is 6.92 Å². The molecule has 0 aliphatic carbocycles. The third kappa shape index (κ3) is 8.82. The molecule has 3 nitrogen and oxygen atoms in total. The Morgan fingerprint density at radius 3 is 2.58 bits per heavy atom. The molecule has 6 heteroatoms. The zero-order chi connectivity index (χ0) is 8.74. The predicted octanol–water partition coefficient (Wildman–Crippen LogP) is 2.22. The number of hydrogen-bond acceptors (Lipinski definition) is 1. The largest absolute Gasteiger partial charge is 0.333 e. The molecule has 76 valence electrons. The van der Waals surface area contributed by atoms with Gasteiger partial charge in [-0.25, -0.2) is 5.09 Å². The smallest absolute Gasteiger partial charge is 0.268 e. The van der Waals surface area contributed by atoms with Gasteiger partial charge >= 0.3 is 0 Å². The van der Waals surface area contributed by atoms with Crippen LogP contribution in [-0.4, -0.2) is 23.5 Å². The Kier molecular flexibility index (Phi) is 10.6. The molecule has 0 saturated carbocycles. The Labute approximate surface area is 84.8 Å². The lowest BCUT2D eigenvalue weighted by Crippen LogP contribution is -2.14. The maximum absolute atomic E-state index is 11.0. The summed E-state index contributed by atoms with van der Waals surface area (Å²) in [7, 11) is -3.10. The van der Waals surface area contributed by atoms with Gasteiger partial charge in [-0.15, -0.1) is 24.0 Å². The molecule has 0 saturated heterocycles. The van der Waals surface area contributed by atoms with Crippen LogP contribution >= 0.6 is 31.5 Å². The van der Waals surface area contributed by atoms with E-state index >= 15 is 0 Å². The van der Waals surface area contributed by atoms with Crippen LogP contribution in [0.15, 0.2) is 0 Å². The van der Waals surface area contributed by atoms with Gasteiger partial charge in [-0.3, -0.25) is 4.57 Å². The van der Waals surface area contributed by atoms with Crippen LogP contribution in [0.5, 0.6) is 0 Å². The Morgan fingerprint density at radius 1 is 1.58 bits per heavy atom. The zero-order valence-corrected chi connectivity index (χ0v) is 9.59. The Balaban J connectivity index is 0. The third-order valence-electron chi connectivity index (χ3n) is 1.28. The first kappa shape index (κ1) is 15.2. The van der Waals surface area contributed by atoms with Crippen LogP contribution in [0.1, 0.15) is 19.8 Å². The lowest BCUT2D eigenvalue weighted by atomic mass is 10.3. The van der Waals surface area contributed by atoms with Crippen molar-refractivity contribution in [2.24, 2.45) is 0 Å². The Morgan fingerprint density at radius 2 is 2.17 bits per heavy atom. The summed E-state index contributed by atoms with van der Waals surface area (Å²) >= 11 is 5.33. The quantitative estimate of drug-likeness (QED) is 0.422. The highest BCUT2D eigenvalue weighted by Gasteiger charge is 2.14. The average Bonchev–Trinajstić information content (AvgIpc) is 1.87. The summed E-state index contributed by atoms with van der Waals surface area (Å²) < 4.78 is 11.0. The van der Waals surface area contributed by atoms with Crippen molar-refractivity contribution in [3.05, 3.63) is 0 Å². The second-order valence-corrected chi connectivity index (χ2v) is 4.92. The molecular weight excluding hydrogens is 220 g/mol. The molecule has 0 aromatic carbocycles. The predicted molar refractivity (Wildman–Crippen MR) is 55.6 cm³/mol. The molecule has 0 radical (unpaired) electrons. The highest BCUT2D eigenvalue weighted by atomic mass is 35.5. The van der Waals surface area contributed by atoms with E-state index in [9.17, 15) is 4.57 Å². The minimum Gasteiger partial charge on any atom is -0.333 e. The van der Waals surface area contributed by atoms with Crippen LogP contribution in [0, 0.1) is 0 Å². The second-order valence-electron chi connectivity index (χ2n) is 2.38. The molecule has 1 atom stereocenters. The maximum Gasteiger partial charge on any atom is 0.268 e. The van der Waals surface area contributed by atoms with Gasteiger partial charge in [0.05, 0.1) is 6.16 Å². The van der Waals surface area contributed by atoms with Crippen LogP contribution in [0.4, 0.5) is 0 Å². The Bertz CT molecular complexity index is 146. The summed E-state index contributed by atoms with van der Waals surface area (Å²) in [5, 5.41) is 2.59. The van der Waals surface area contributed by atoms with E-state index in [1.54, 1.807) is 0 Å². The summed E-state index contributed by atoms with van der Waals surface area (Å²) in [6.45, 7) is 2.63. The van der Waals surface area contributed by atoms with Crippen molar-refractivity contribution in [3.63, 3.8) is 0 Å². The van der Waals surface area contributed by atoms with Gasteiger partial charge in [-0.1, -0.05) is 13.3 Å². The van der Waals surface area contributed by atoms with Crippen molar-refractivity contribution in [2.45, 2.75) is 19.8 Å². The normalized spacial score (nSPS) is 14.9. The number of alkyl halides is 1. The number of hydrogen-bond donors (Lipinski definition) is 2. The van der Waals surface area contributed by atoms with Gasteiger partial charge in [0.1, 0.15) is 0 Å². The molecule has 0 fully saturated rings. The number of halogens is 2. The number of nitrogens with one attached hydrogen (secondary N) is 1. The summed E-state index contributed by atoms with van der Waals surface area (Å²) in [6, 6.07) is 0. The van der Waals surface area contributed by atoms with Crippen molar-refractivity contribution in [2.75, 3.05) is 18.6 Å². The van der Waals surface area contributed by atoms with Gasteiger partial charge < -0.3 is 4.89 Å². The summed E-state index contributed by atoms with van der Waals surface area (Å²) in [4.78, 5) is 9.10. The fourth-order valence-corrected chi connectivity index (χ4v) is 2.21. The van der Waals surface area contributed by atoms with Crippen LogP contribution in [0.3, 0.4) is 0 Å². The van der Waals surface area contributed by atoms with Gasteiger partial charge in [0.2, 0.25) is 0 Å². The third-order valence-corrected chi connectivity index (χ3v) is 3.28. The average molecular weight is 236 g/mol. The number of rotatable bonds is 6. The van der Waals surface area contributed by atoms with E-state index in [0.717, 1.165) is 12.8 Å². The minimum atomic E-state index is -3.10. The van der Waals surface area contributed by atoms with Crippen molar-refractivity contribution in [1.29, 1.82) is 0 Å². The number of unbranched alkanes of at least 4 members (excludes halogenated alkanes) is 1. The van der Waals surface area contributed by atoms with Crippen LogP contribution in [-0.2, 0) is 4.57 Å². The van der Waals surface area contributed by atoms with E-state index in [-0.39, 0.29) is 24.4 Å². The van der Waals surface area contributed by atoms with Crippen molar-refractivity contribution in [3.8, 4) is 0 Å². The minimum absolute atomic E-state index is 0. The highest BCUT2D eigenvalue weighted by Crippen LogP contribution is 2.34. The van der Waals surface area contributed by atoms with E-state index in [0.29, 0.717) is 6.54 Å². The summed E-state index contributed by atoms with van der Waals surface area (Å²) in [6.07, 6.45) is 2.10. The van der Waals surface area contributed by atoms with Gasteiger partial charge in [0.15, 0.2) is 0 Å². The van der Waals surface area contributed by atoms with Crippen LogP contribution in [0.25, 0.3) is 0 Å². The van der Waals surface area contributed by atoms with Gasteiger partial charge in [-0.2, -0.15) is 0 Å². The Hall–Kier alpha value is 0.730. The molecule has 0 bridgehead atoms. The van der Waals surface area contributed by atoms with Gasteiger partial charge in [-0.05, 0) is 6.42 Å². The van der Waals surface area contributed by atoms with E-state index in [4.69, 9.17) is 16.5 Å². The molecule has 0 aromatic heterocycles. The molecule has 0 aliphatic rings. The van der Waals surface area contributed by atoms with E-state index in [2.05, 4.69) is 5.09 Å². The van der Waals surface area contributed by atoms with Crippen molar-refractivity contribution < 1.29 is 9.46 Å². The molecular formula is C6H16Cl2NO2P. The molecule has 0 heterocycles. The van der Waals surface area contributed by atoms with E-state index in [1.165, 1.54) is 0 Å². The molecule has 0 spiro atoms. The first-order valence-corrected chi connectivity index (χ1v) is 6.13. The molecule has 12 heavy (non-hydrogen) atoms. The monoisotopic (exact) mass is 235 g/mol. The van der Waals surface area contributed by atoms with Gasteiger partial charge in [0.25, 0.3) is 7.52 Å². The zero-order valence-electron chi connectivity index (χ0n) is 7.12. The highest BCUT2D eigenvalue weighted by molar-refractivity contribution is 7.55. The first-order valence-electron chi connectivity index (χ1n) is 3.75. The molecule has 2 N–H and O–H groups in total. The van der Waals surface area contributed by atoms with Gasteiger partial charge in [0, 0.05) is 12.4 Å². The molecule has 0 amide bonds. The summed E-state index contributed by atoms with van der Waals surface area (Å²) in [5.74, 6) is 0.229. The molecule has 0 rings (SSSR count). The first-order chi connectivity index (χ1) is 5.12. The topological polar surface area (TPSA) is 49.3 Å².